The highest BCUT2D eigenvalue weighted by atomic mass is 16.5. The highest BCUT2D eigenvalue weighted by Gasteiger charge is 2.07. The number of hydrogen-bond acceptors (Lipinski definition) is 5. The summed E-state index contributed by atoms with van der Waals surface area (Å²) < 4.78 is 5.46. The molecule has 0 amide bonds. The molecule has 0 atom stereocenters. The molecular formula is C18H26N4O. The van der Waals surface area contributed by atoms with Gasteiger partial charge in [0.1, 0.15) is 23.7 Å². The summed E-state index contributed by atoms with van der Waals surface area (Å²) in [6.45, 7) is 9.03. The lowest BCUT2D eigenvalue weighted by molar-refractivity contribution is 0.340. The second kappa shape index (κ2) is 8.98. The number of hydrogen-bond donors (Lipinski definition) is 1. The Morgan fingerprint density at radius 3 is 2.30 bits per heavy atom. The van der Waals surface area contributed by atoms with Crippen LogP contribution in [0.4, 0.5) is 17.3 Å². The number of aromatic nitrogens is 2. The smallest absolute Gasteiger partial charge is 0.135 e. The van der Waals surface area contributed by atoms with Crippen molar-refractivity contribution in [3.05, 3.63) is 36.7 Å². The third-order valence-corrected chi connectivity index (χ3v) is 3.40. The number of anilines is 3. The van der Waals surface area contributed by atoms with Crippen molar-refractivity contribution in [1.82, 2.24) is 9.97 Å². The number of benzene rings is 1. The summed E-state index contributed by atoms with van der Waals surface area (Å²) in [5.41, 5.74) is 0.982. The van der Waals surface area contributed by atoms with Gasteiger partial charge < -0.3 is 15.0 Å². The molecule has 0 saturated heterocycles. The van der Waals surface area contributed by atoms with Crippen molar-refractivity contribution >= 4 is 17.3 Å². The molecule has 124 valence electrons. The van der Waals surface area contributed by atoms with E-state index in [2.05, 4.69) is 34.0 Å². The molecule has 0 spiro atoms. The predicted octanol–water partition coefficient (Wildman–Crippen LogP) is 4.25. The van der Waals surface area contributed by atoms with Gasteiger partial charge in [-0.3, -0.25) is 0 Å². The quantitative estimate of drug-likeness (QED) is 0.750. The average Bonchev–Trinajstić information content (AvgIpc) is 2.57. The first kappa shape index (κ1) is 17.1. The van der Waals surface area contributed by atoms with E-state index in [4.69, 9.17) is 4.74 Å². The molecule has 0 saturated carbocycles. The normalized spacial score (nSPS) is 10.4. The Morgan fingerprint density at radius 1 is 1.00 bits per heavy atom. The minimum Gasteiger partial charge on any atom is -0.494 e. The molecule has 0 unspecified atom stereocenters. The van der Waals surface area contributed by atoms with Crippen LogP contribution in [0.5, 0.6) is 5.75 Å². The van der Waals surface area contributed by atoms with Gasteiger partial charge in [0.2, 0.25) is 0 Å². The van der Waals surface area contributed by atoms with Crippen LogP contribution in [0.15, 0.2) is 36.7 Å². The first-order valence-corrected chi connectivity index (χ1v) is 8.33. The van der Waals surface area contributed by atoms with Crippen molar-refractivity contribution in [2.45, 2.75) is 33.6 Å². The standard InChI is InChI=1S/C18H26N4O/c1-4-11-22(12-5-2)18-13-17(19-14-20-18)21-15-7-9-16(10-8-15)23-6-3/h7-10,13-14H,4-6,11-12H2,1-3H3,(H,19,20,21). The zero-order chi connectivity index (χ0) is 16.5. The van der Waals surface area contributed by atoms with Gasteiger partial charge in [0, 0.05) is 24.8 Å². The Kier molecular flexibility index (Phi) is 6.66. The van der Waals surface area contributed by atoms with Gasteiger partial charge in [-0.25, -0.2) is 9.97 Å². The number of nitrogens with one attached hydrogen (secondary N) is 1. The lowest BCUT2D eigenvalue weighted by Gasteiger charge is -2.22. The zero-order valence-electron chi connectivity index (χ0n) is 14.2. The fourth-order valence-corrected chi connectivity index (χ4v) is 2.42. The molecule has 5 nitrogen and oxygen atoms in total. The molecule has 23 heavy (non-hydrogen) atoms. The Labute approximate surface area is 138 Å². The van der Waals surface area contributed by atoms with Crippen LogP contribution in [0, 0.1) is 0 Å². The van der Waals surface area contributed by atoms with E-state index in [1.165, 1.54) is 0 Å². The maximum absolute atomic E-state index is 5.46. The minimum absolute atomic E-state index is 0.673. The van der Waals surface area contributed by atoms with Gasteiger partial charge in [-0.1, -0.05) is 13.8 Å². The monoisotopic (exact) mass is 314 g/mol. The van der Waals surface area contributed by atoms with Crippen molar-refractivity contribution in [2.75, 3.05) is 29.9 Å². The van der Waals surface area contributed by atoms with E-state index in [0.29, 0.717) is 6.61 Å². The summed E-state index contributed by atoms with van der Waals surface area (Å²) in [5.74, 6) is 2.65. The summed E-state index contributed by atoms with van der Waals surface area (Å²) in [4.78, 5) is 11.0. The van der Waals surface area contributed by atoms with Crippen molar-refractivity contribution in [1.29, 1.82) is 0 Å². The van der Waals surface area contributed by atoms with Crippen molar-refractivity contribution in [3.63, 3.8) is 0 Å². The lowest BCUT2D eigenvalue weighted by Crippen LogP contribution is -2.25. The summed E-state index contributed by atoms with van der Waals surface area (Å²) in [5, 5.41) is 3.32. The van der Waals surface area contributed by atoms with Crippen LogP contribution in [0.3, 0.4) is 0 Å². The average molecular weight is 314 g/mol. The van der Waals surface area contributed by atoms with Gasteiger partial charge in [0.05, 0.1) is 6.61 Å². The van der Waals surface area contributed by atoms with Crippen LogP contribution in [-0.2, 0) is 0 Å². The van der Waals surface area contributed by atoms with Gasteiger partial charge in [-0.2, -0.15) is 0 Å². The Hall–Kier alpha value is -2.30. The largest absolute Gasteiger partial charge is 0.494 e. The van der Waals surface area contributed by atoms with Crippen molar-refractivity contribution in [2.24, 2.45) is 0 Å². The molecule has 0 bridgehead atoms. The Morgan fingerprint density at radius 2 is 1.70 bits per heavy atom. The fourth-order valence-electron chi connectivity index (χ4n) is 2.42. The molecule has 2 rings (SSSR count). The number of nitrogens with zero attached hydrogens (tertiary/aromatic N) is 3. The van der Waals surface area contributed by atoms with Gasteiger partial charge in [0.25, 0.3) is 0 Å². The van der Waals surface area contributed by atoms with Crippen molar-refractivity contribution in [3.8, 4) is 5.75 Å². The third kappa shape index (κ3) is 5.13. The molecule has 0 fully saturated rings. The SMILES string of the molecule is CCCN(CCC)c1cc(Nc2ccc(OCC)cc2)ncn1. The molecule has 1 N–H and O–H groups in total. The number of ether oxygens (including phenoxy) is 1. The molecule has 0 aliphatic heterocycles. The molecule has 0 aliphatic rings. The van der Waals surface area contributed by atoms with E-state index in [1.54, 1.807) is 6.33 Å². The number of rotatable bonds is 9. The van der Waals surface area contributed by atoms with Crippen LogP contribution >= 0.6 is 0 Å². The molecule has 0 aliphatic carbocycles. The highest BCUT2D eigenvalue weighted by molar-refractivity contribution is 5.60. The summed E-state index contributed by atoms with van der Waals surface area (Å²) >= 11 is 0. The Balaban J connectivity index is 2.09. The summed E-state index contributed by atoms with van der Waals surface area (Å²) in [7, 11) is 0. The van der Waals surface area contributed by atoms with Crippen molar-refractivity contribution < 1.29 is 4.74 Å². The van der Waals surface area contributed by atoms with E-state index in [9.17, 15) is 0 Å². The van der Waals surface area contributed by atoms with E-state index >= 15 is 0 Å². The zero-order valence-corrected chi connectivity index (χ0v) is 14.2. The fraction of sp³-hybridized carbons (Fsp3) is 0.444. The molecule has 1 aromatic carbocycles. The van der Waals surface area contributed by atoms with Crippen LogP contribution in [-0.4, -0.2) is 29.7 Å². The van der Waals surface area contributed by atoms with Crippen LogP contribution in [0.25, 0.3) is 0 Å². The molecule has 5 heteroatoms. The first-order chi connectivity index (χ1) is 11.3. The first-order valence-electron chi connectivity index (χ1n) is 8.33. The maximum Gasteiger partial charge on any atom is 0.135 e. The maximum atomic E-state index is 5.46. The van der Waals surface area contributed by atoms with Gasteiger partial charge >= 0.3 is 0 Å². The third-order valence-electron chi connectivity index (χ3n) is 3.40. The van der Waals surface area contributed by atoms with E-state index in [-0.39, 0.29) is 0 Å². The topological polar surface area (TPSA) is 50.3 Å². The van der Waals surface area contributed by atoms with Gasteiger partial charge in [-0.15, -0.1) is 0 Å². The second-order valence-corrected chi connectivity index (χ2v) is 5.33. The lowest BCUT2D eigenvalue weighted by atomic mass is 10.3. The summed E-state index contributed by atoms with van der Waals surface area (Å²) in [6, 6.07) is 9.88. The van der Waals surface area contributed by atoms with Crippen LogP contribution in [0.2, 0.25) is 0 Å². The van der Waals surface area contributed by atoms with E-state index in [0.717, 1.165) is 49.0 Å². The van der Waals surface area contributed by atoms with Gasteiger partial charge in [-0.05, 0) is 44.0 Å². The second-order valence-electron chi connectivity index (χ2n) is 5.33. The minimum atomic E-state index is 0.673. The van der Waals surface area contributed by atoms with Crippen LogP contribution in [0.1, 0.15) is 33.6 Å². The van der Waals surface area contributed by atoms with Gasteiger partial charge in [0.15, 0.2) is 0 Å². The van der Waals surface area contributed by atoms with E-state index < -0.39 is 0 Å². The molecule has 0 radical (unpaired) electrons. The van der Waals surface area contributed by atoms with Crippen LogP contribution < -0.4 is 15.0 Å². The highest BCUT2D eigenvalue weighted by Crippen LogP contribution is 2.21. The molecule has 1 aromatic heterocycles. The molecular weight excluding hydrogens is 288 g/mol. The Bertz CT molecular complexity index is 580. The summed E-state index contributed by atoms with van der Waals surface area (Å²) in [6.07, 6.45) is 3.82. The van der Waals surface area contributed by atoms with E-state index in [1.807, 2.05) is 37.3 Å². The molecule has 2 aromatic rings. The molecule has 1 heterocycles. The predicted molar refractivity (Wildman–Crippen MR) is 95.7 cm³/mol.